The van der Waals surface area contributed by atoms with Crippen molar-refractivity contribution < 1.29 is 4.39 Å². The van der Waals surface area contributed by atoms with E-state index in [1.807, 2.05) is 13.8 Å². The molecular formula is C14H17FN2S2. The second kappa shape index (κ2) is 6.48. The van der Waals surface area contributed by atoms with Gasteiger partial charge in [-0.3, -0.25) is 4.98 Å². The Morgan fingerprint density at radius 1 is 1.37 bits per heavy atom. The Labute approximate surface area is 122 Å². The van der Waals surface area contributed by atoms with Crippen LogP contribution in [0, 0.1) is 5.82 Å². The van der Waals surface area contributed by atoms with Crippen molar-refractivity contribution in [2.45, 2.75) is 38.4 Å². The lowest BCUT2D eigenvalue weighted by Crippen LogP contribution is -1.85. The number of rotatable bonds is 3. The van der Waals surface area contributed by atoms with Crippen LogP contribution in [-0.2, 0) is 5.75 Å². The van der Waals surface area contributed by atoms with E-state index in [1.54, 1.807) is 17.5 Å². The SMILES string of the molecule is CC.Fc1cncc(-c2nc(C3CC3)c(CS)s2)c1. The van der Waals surface area contributed by atoms with Crippen LogP contribution in [0.5, 0.6) is 0 Å². The maximum absolute atomic E-state index is 13.1. The molecule has 19 heavy (non-hydrogen) atoms. The Bertz CT molecular complexity index is 550. The van der Waals surface area contributed by atoms with Gasteiger partial charge in [0.25, 0.3) is 0 Å². The van der Waals surface area contributed by atoms with Crippen molar-refractivity contribution in [1.29, 1.82) is 0 Å². The van der Waals surface area contributed by atoms with Gasteiger partial charge in [-0.05, 0) is 18.9 Å². The van der Waals surface area contributed by atoms with Crippen LogP contribution < -0.4 is 0 Å². The van der Waals surface area contributed by atoms with E-state index >= 15 is 0 Å². The summed E-state index contributed by atoms with van der Waals surface area (Å²) in [7, 11) is 0. The van der Waals surface area contributed by atoms with E-state index in [2.05, 4.69) is 22.6 Å². The topological polar surface area (TPSA) is 25.8 Å². The minimum absolute atomic E-state index is 0.321. The van der Waals surface area contributed by atoms with Crippen LogP contribution in [0.1, 0.15) is 43.2 Å². The Balaban J connectivity index is 0.000000637. The Hall–Kier alpha value is -0.940. The summed E-state index contributed by atoms with van der Waals surface area (Å²) in [5.41, 5.74) is 1.91. The highest BCUT2D eigenvalue weighted by atomic mass is 32.1. The number of halogens is 1. The Kier molecular flexibility index (Phi) is 4.93. The minimum atomic E-state index is -0.321. The van der Waals surface area contributed by atoms with Crippen molar-refractivity contribution in [3.63, 3.8) is 0 Å². The maximum Gasteiger partial charge on any atom is 0.142 e. The molecule has 2 aromatic heterocycles. The first-order valence-corrected chi connectivity index (χ1v) is 7.94. The molecule has 2 heterocycles. The zero-order valence-corrected chi connectivity index (χ0v) is 12.8. The van der Waals surface area contributed by atoms with Gasteiger partial charge in [-0.1, -0.05) is 13.8 Å². The standard InChI is InChI=1S/C12H11FN2S2.C2H6/c13-9-3-8(4-14-5-9)12-15-11(7-1-2-7)10(6-16)17-12;1-2/h3-5,7,16H,1-2,6H2;1-2H3. The second-order valence-electron chi connectivity index (χ2n) is 4.15. The molecule has 1 aliphatic carbocycles. The predicted octanol–water partition coefficient (Wildman–Crippen LogP) is 4.68. The lowest BCUT2D eigenvalue weighted by Gasteiger charge is -1.94. The third-order valence-corrected chi connectivity index (χ3v) is 4.44. The molecule has 3 rings (SSSR count). The van der Waals surface area contributed by atoms with E-state index in [1.165, 1.54) is 30.0 Å². The molecule has 0 aliphatic heterocycles. The van der Waals surface area contributed by atoms with Gasteiger partial charge < -0.3 is 0 Å². The van der Waals surface area contributed by atoms with Crippen LogP contribution in [-0.4, -0.2) is 9.97 Å². The van der Waals surface area contributed by atoms with E-state index in [0.717, 1.165) is 16.3 Å². The van der Waals surface area contributed by atoms with Gasteiger partial charge in [0.05, 0.1) is 11.9 Å². The number of nitrogens with zero attached hydrogens (tertiary/aromatic N) is 2. The molecule has 0 amide bonds. The normalized spacial score (nSPS) is 13.9. The van der Waals surface area contributed by atoms with Gasteiger partial charge in [0.15, 0.2) is 0 Å². The number of pyridine rings is 1. The van der Waals surface area contributed by atoms with Crippen LogP contribution >= 0.6 is 24.0 Å². The molecule has 1 saturated carbocycles. The lowest BCUT2D eigenvalue weighted by atomic mass is 10.2. The largest absolute Gasteiger partial charge is 0.261 e. The smallest absolute Gasteiger partial charge is 0.142 e. The molecule has 2 aromatic rings. The lowest BCUT2D eigenvalue weighted by molar-refractivity contribution is 0.622. The fraction of sp³-hybridized carbons (Fsp3) is 0.429. The summed E-state index contributed by atoms with van der Waals surface area (Å²) in [6, 6.07) is 1.48. The summed E-state index contributed by atoms with van der Waals surface area (Å²) in [6.45, 7) is 4.00. The molecule has 5 heteroatoms. The highest BCUT2D eigenvalue weighted by Gasteiger charge is 2.29. The van der Waals surface area contributed by atoms with Crippen molar-refractivity contribution in [3.05, 3.63) is 34.8 Å². The number of aromatic nitrogens is 2. The van der Waals surface area contributed by atoms with E-state index in [4.69, 9.17) is 0 Å². The van der Waals surface area contributed by atoms with Crippen molar-refractivity contribution in [3.8, 4) is 10.6 Å². The Morgan fingerprint density at radius 2 is 2.11 bits per heavy atom. The quantitative estimate of drug-likeness (QED) is 0.832. The maximum atomic E-state index is 13.1. The molecule has 0 spiro atoms. The molecule has 1 aliphatic rings. The zero-order chi connectivity index (χ0) is 13.8. The zero-order valence-electron chi connectivity index (χ0n) is 11.1. The summed E-state index contributed by atoms with van der Waals surface area (Å²) in [5, 5.41) is 0.850. The first-order chi connectivity index (χ1) is 9.28. The molecule has 1 fully saturated rings. The van der Waals surface area contributed by atoms with Gasteiger partial charge in [0.1, 0.15) is 10.8 Å². The minimum Gasteiger partial charge on any atom is -0.261 e. The van der Waals surface area contributed by atoms with Crippen molar-refractivity contribution in [2.75, 3.05) is 0 Å². The molecule has 0 saturated heterocycles. The molecule has 102 valence electrons. The molecule has 2 nitrogen and oxygen atoms in total. The van der Waals surface area contributed by atoms with E-state index in [-0.39, 0.29) is 5.82 Å². The molecule has 0 N–H and O–H groups in total. The number of hydrogen-bond acceptors (Lipinski definition) is 4. The molecule has 0 atom stereocenters. The average Bonchev–Trinajstić information content (AvgIpc) is 3.20. The van der Waals surface area contributed by atoms with E-state index in [0.29, 0.717) is 11.7 Å². The summed E-state index contributed by atoms with van der Waals surface area (Å²) >= 11 is 5.92. The van der Waals surface area contributed by atoms with Crippen LogP contribution in [0.3, 0.4) is 0 Å². The Morgan fingerprint density at radius 3 is 2.68 bits per heavy atom. The van der Waals surface area contributed by atoms with Crippen molar-refractivity contribution in [1.82, 2.24) is 9.97 Å². The molecular weight excluding hydrogens is 279 g/mol. The average molecular weight is 296 g/mol. The van der Waals surface area contributed by atoms with E-state index in [9.17, 15) is 4.39 Å². The fourth-order valence-electron chi connectivity index (χ4n) is 1.80. The molecule has 0 radical (unpaired) electrons. The highest BCUT2D eigenvalue weighted by molar-refractivity contribution is 7.79. The van der Waals surface area contributed by atoms with Gasteiger partial charge in [-0.15, -0.1) is 11.3 Å². The van der Waals surface area contributed by atoms with Crippen molar-refractivity contribution >= 4 is 24.0 Å². The van der Waals surface area contributed by atoms with Crippen LogP contribution in [0.4, 0.5) is 4.39 Å². The number of thiol groups is 1. The molecule has 0 aromatic carbocycles. The van der Waals surface area contributed by atoms with Gasteiger partial charge in [0, 0.05) is 28.3 Å². The highest BCUT2D eigenvalue weighted by Crippen LogP contribution is 2.44. The van der Waals surface area contributed by atoms with Gasteiger partial charge in [-0.2, -0.15) is 12.6 Å². The third-order valence-electron chi connectivity index (χ3n) is 2.79. The van der Waals surface area contributed by atoms with Crippen molar-refractivity contribution in [2.24, 2.45) is 0 Å². The fourth-order valence-corrected chi connectivity index (χ4v) is 3.15. The second-order valence-corrected chi connectivity index (χ2v) is 5.55. The summed E-state index contributed by atoms with van der Waals surface area (Å²) in [4.78, 5) is 9.68. The van der Waals surface area contributed by atoms with Crippen LogP contribution in [0.15, 0.2) is 18.5 Å². The van der Waals surface area contributed by atoms with Crippen LogP contribution in [0.25, 0.3) is 10.6 Å². The molecule has 0 bridgehead atoms. The number of hydrogen-bond donors (Lipinski definition) is 1. The first kappa shape index (κ1) is 14.5. The van der Waals surface area contributed by atoms with Gasteiger partial charge >= 0.3 is 0 Å². The molecule has 0 unspecified atom stereocenters. The summed E-state index contributed by atoms with van der Waals surface area (Å²) in [6.07, 6.45) is 5.29. The summed E-state index contributed by atoms with van der Waals surface area (Å²) in [5.74, 6) is 0.980. The first-order valence-electron chi connectivity index (χ1n) is 6.49. The van der Waals surface area contributed by atoms with E-state index < -0.39 is 0 Å². The summed E-state index contributed by atoms with van der Waals surface area (Å²) < 4.78 is 13.1. The number of thiazole rings is 1. The third kappa shape index (κ3) is 3.34. The monoisotopic (exact) mass is 296 g/mol. The predicted molar refractivity (Wildman–Crippen MR) is 81.3 cm³/mol. The van der Waals surface area contributed by atoms with Crippen LogP contribution in [0.2, 0.25) is 0 Å². The van der Waals surface area contributed by atoms with Gasteiger partial charge in [-0.25, -0.2) is 9.37 Å². The van der Waals surface area contributed by atoms with Gasteiger partial charge in [0.2, 0.25) is 0 Å².